The topological polar surface area (TPSA) is 55.8 Å². The fraction of sp³-hybridized carbons (Fsp3) is 0.929. The number of rotatable bonds is 7. The number of carboxylic acids is 1. The van der Waals surface area contributed by atoms with Crippen LogP contribution in [0.3, 0.4) is 0 Å². The quantitative estimate of drug-likeness (QED) is 0.697. The van der Waals surface area contributed by atoms with Gasteiger partial charge < -0.3 is 20.2 Å². The van der Waals surface area contributed by atoms with Crippen molar-refractivity contribution in [2.45, 2.75) is 24.8 Å². The molecule has 19 heavy (non-hydrogen) atoms. The van der Waals surface area contributed by atoms with E-state index in [2.05, 4.69) is 29.2 Å². The third-order valence-corrected chi connectivity index (χ3v) is 4.68. The summed E-state index contributed by atoms with van der Waals surface area (Å²) in [4.78, 5) is 16.2. The highest BCUT2D eigenvalue weighted by Crippen LogP contribution is 2.40. The standard InChI is InChI=1S/C14H27N3O2/c1-15-14(13(18)19,12-4-5-12)10-17(3)9-11-6-7-16(2)8-11/h11-12,15H,4-10H2,1-3H3,(H,18,19). The fourth-order valence-electron chi connectivity index (χ4n) is 3.44. The van der Waals surface area contributed by atoms with Crippen LogP contribution in [-0.4, -0.2) is 73.7 Å². The van der Waals surface area contributed by atoms with Crippen molar-refractivity contribution in [3.63, 3.8) is 0 Å². The predicted octanol–water partition coefficient (Wildman–Crippen LogP) is 0.323. The predicted molar refractivity (Wildman–Crippen MR) is 75.3 cm³/mol. The molecule has 1 heterocycles. The van der Waals surface area contributed by atoms with Gasteiger partial charge in [-0.05, 0) is 58.8 Å². The monoisotopic (exact) mass is 269 g/mol. The van der Waals surface area contributed by atoms with Gasteiger partial charge in [-0.25, -0.2) is 0 Å². The second kappa shape index (κ2) is 5.77. The molecule has 0 aromatic carbocycles. The second-order valence-corrected chi connectivity index (χ2v) is 6.41. The molecule has 1 saturated heterocycles. The molecular weight excluding hydrogens is 242 g/mol. The summed E-state index contributed by atoms with van der Waals surface area (Å²) in [5.74, 6) is 0.272. The Morgan fingerprint density at radius 1 is 1.47 bits per heavy atom. The molecular formula is C14H27N3O2. The summed E-state index contributed by atoms with van der Waals surface area (Å²) in [7, 11) is 5.98. The molecule has 5 nitrogen and oxygen atoms in total. The van der Waals surface area contributed by atoms with Crippen molar-refractivity contribution >= 4 is 5.97 Å². The molecule has 0 spiro atoms. The van der Waals surface area contributed by atoms with Crippen LogP contribution >= 0.6 is 0 Å². The number of likely N-dealkylation sites (N-methyl/N-ethyl adjacent to an activating group) is 2. The highest BCUT2D eigenvalue weighted by Gasteiger charge is 2.50. The normalized spacial score (nSPS) is 27.7. The minimum absolute atomic E-state index is 0.295. The van der Waals surface area contributed by atoms with Crippen molar-refractivity contribution in [1.29, 1.82) is 0 Å². The van der Waals surface area contributed by atoms with Gasteiger partial charge in [0.15, 0.2) is 0 Å². The van der Waals surface area contributed by atoms with Gasteiger partial charge in [-0.1, -0.05) is 0 Å². The van der Waals surface area contributed by atoms with Crippen LogP contribution in [0.2, 0.25) is 0 Å². The van der Waals surface area contributed by atoms with E-state index in [1.54, 1.807) is 7.05 Å². The van der Waals surface area contributed by atoms with E-state index in [1.165, 1.54) is 6.42 Å². The Balaban J connectivity index is 1.91. The lowest BCUT2D eigenvalue weighted by Crippen LogP contribution is -2.59. The molecule has 0 aromatic heterocycles. The molecule has 0 radical (unpaired) electrons. The van der Waals surface area contributed by atoms with E-state index in [1.807, 2.05) is 0 Å². The number of hydrogen-bond donors (Lipinski definition) is 2. The van der Waals surface area contributed by atoms with Crippen molar-refractivity contribution < 1.29 is 9.90 Å². The van der Waals surface area contributed by atoms with Crippen molar-refractivity contribution in [3.8, 4) is 0 Å². The molecule has 2 atom stereocenters. The summed E-state index contributed by atoms with van der Waals surface area (Å²) < 4.78 is 0. The zero-order valence-corrected chi connectivity index (χ0v) is 12.4. The lowest BCUT2D eigenvalue weighted by molar-refractivity contribution is -0.146. The number of likely N-dealkylation sites (tertiary alicyclic amines) is 1. The van der Waals surface area contributed by atoms with Gasteiger partial charge in [0.05, 0.1) is 0 Å². The van der Waals surface area contributed by atoms with E-state index < -0.39 is 11.5 Å². The smallest absolute Gasteiger partial charge is 0.325 e. The lowest BCUT2D eigenvalue weighted by Gasteiger charge is -2.34. The van der Waals surface area contributed by atoms with E-state index in [0.29, 0.717) is 18.4 Å². The van der Waals surface area contributed by atoms with Crippen LogP contribution in [-0.2, 0) is 4.79 Å². The maximum Gasteiger partial charge on any atom is 0.325 e. The van der Waals surface area contributed by atoms with Gasteiger partial charge >= 0.3 is 5.97 Å². The highest BCUT2D eigenvalue weighted by atomic mass is 16.4. The highest BCUT2D eigenvalue weighted by molar-refractivity contribution is 5.80. The fourth-order valence-corrected chi connectivity index (χ4v) is 3.44. The number of aliphatic carboxylic acids is 1. The molecule has 1 saturated carbocycles. The molecule has 2 rings (SSSR count). The maximum absolute atomic E-state index is 11.7. The number of nitrogens with one attached hydrogen (secondary N) is 1. The van der Waals surface area contributed by atoms with Crippen molar-refractivity contribution in [3.05, 3.63) is 0 Å². The average molecular weight is 269 g/mol. The van der Waals surface area contributed by atoms with Crippen molar-refractivity contribution in [2.75, 3.05) is 47.3 Å². The average Bonchev–Trinajstić information content (AvgIpc) is 3.11. The summed E-state index contributed by atoms with van der Waals surface area (Å²) in [5, 5.41) is 12.7. The number of carboxylic acid groups (broad SMARTS) is 1. The van der Waals surface area contributed by atoms with Crippen molar-refractivity contribution in [1.82, 2.24) is 15.1 Å². The molecule has 1 aliphatic carbocycles. The first kappa shape index (κ1) is 14.8. The van der Waals surface area contributed by atoms with Crippen LogP contribution in [0.1, 0.15) is 19.3 Å². The van der Waals surface area contributed by atoms with Crippen LogP contribution in [0.15, 0.2) is 0 Å². The van der Waals surface area contributed by atoms with Gasteiger partial charge in [0.1, 0.15) is 5.54 Å². The molecule has 0 amide bonds. The first-order valence-electron chi connectivity index (χ1n) is 7.27. The van der Waals surface area contributed by atoms with E-state index >= 15 is 0 Å². The minimum Gasteiger partial charge on any atom is -0.480 e. The molecule has 2 unspecified atom stereocenters. The molecule has 2 aliphatic rings. The zero-order chi connectivity index (χ0) is 14.0. The van der Waals surface area contributed by atoms with Gasteiger partial charge in [0, 0.05) is 19.6 Å². The van der Waals surface area contributed by atoms with Crippen molar-refractivity contribution in [2.24, 2.45) is 11.8 Å². The Bertz CT molecular complexity index is 333. The largest absolute Gasteiger partial charge is 0.480 e. The Morgan fingerprint density at radius 2 is 2.16 bits per heavy atom. The second-order valence-electron chi connectivity index (χ2n) is 6.41. The van der Waals surface area contributed by atoms with Gasteiger partial charge in [-0.3, -0.25) is 4.79 Å². The summed E-state index contributed by atoms with van der Waals surface area (Å²) in [6.07, 6.45) is 3.30. The number of hydrogen-bond acceptors (Lipinski definition) is 4. The molecule has 0 bridgehead atoms. The first-order chi connectivity index (χ1) is 8.98. The van der Waals surface area contributed by atoms with Gasteiger partial charge in [-0.2, -0.15) is 0 Å². The van der Waals surface area contributed by atoms with E-state index in [9.17, 15) is 9.90 Å². The van der Waals surface area contributed by atoms with Gasteiger partial charge in [0.2, 0.25) is 0 Å². The lowest BCUT2D eigenvalue weighted by atomic mass is 9.92. The maximum atomic E-state index is 11.7. The summed E-state index contributed by atoms with van der Waals surface area (Å²) >= 11 is 0. The molecule has 0 aromatic rings. The Hall–Kier alpha value is -0.650. The van der Waals surface area contributed by atoms with Gasteiger partial charge in [-0.15, -0.1) is 0 Å². The third kappa shape index (κ3) is 3.27. The van der Waals surface area contributed by atoms with Crippen LogP contribution in [0.25, 0.3) is 0 Å². The Kier molecular flexibility index (Phi) is 4.48. The first-order valence-corrected chi connectivity index (χ1v) is 7.27. The summed E-state index contributed by atoms with van der Waals surface area (Å²) in [5.41, 5.74) is -0.751. The molecule has 2 fully saturated rings. The molecule has 110 valence electrons. The van der Waals surface area contributed by atoms with E-state index in [0.717, 1.165) is 32.5 Å². The summed E-state index contributed by atoms with van der Waals surface area (Å²) in [6, 6.07) is 0. The van der Waals surface area contributed by atoms with Crippen LogP contribution < -0.4 is 5.32 Å². The summed E-state index contributed by atoms with van der Waals surface area (Å²) in [6.45, 7) is 3.89. The van der Waals surface area contributed by atoms with Crippen LogP contribution in [0.5, 0.6) is 0 Å². The molecule has 1 aliphatic heterocycles. The molecule has 5 heteroatoms. The van der Waals surface area contributed by atoms with Crippen LogP contribution in [0.4, 0.5) is 0 Å². The van der Waals surface area contributed by atoms with E-state index in [4.69, 9.17) is 0 Å². The molecule has 2 N–H and O–H groups in total. The number of carbonyl (C=O) groups is 1. The Morgan fingerprint density at radius 3 is 2.58 bits per heavy atom. The van der Waals surface area contributed by atoms with Crippen LogP contribution in [0, 0.1) is 11.8 Å². The van der Waals surface area contributed by atoms with Gasteiger partial charge in [0.25, 0.3) is 0 Å². The number of nitrogens with zero attached hydrogens (tertiary/aromatic N) is 2. The zero-order valence-electron chi connectivity index (χ0n) is 12.4. The third-order valence-electron chi connectivity index (χ3n) is 4.68. The Labute approximate surface area is 115 Å². The SMILES string of the molecule is CNC(CN(C)CC1CCN(C)C1)(C(=O)O)C1CC1. The van der Waals surface area contributed by atoms with E-state index in [-0.39, 0.29) is 0 Å². The minimum atomic E-state index is -0.751.